The first-order valence-corrected chi connectivity index (χ1v) is 10.3. The molecule has 0 saturated carbocycles. The van der Waals surface area contributed by atoms with Crippen LogP contribution in [0.4, 0.5) is 0 Å². The zero-order valence-electron chi connectivity index (χ0n) is 17.1. The average molecular weight is 410 g/mol. The van der Waals surface area contributed by atoms with Crippen molar-refractivity contribution in [3.63, 3.8) is 0 Å². The van der Waals surface area contributed by atoms with Crippen molar-refractivity contribution in [2.75, 3.05) is 13.1 Å². The van der Waals surface area contributed by atoms with E-state index in [1.54, 1.807) is 0 Å². The Morgan fingerprint density at radius 1 is 1.25 bits per heavy atom. The molecular formula is C21H32ClN3O3. The average Bonchev–Trinajstić information content (AvgIpc) is 2.67. The lowest BCUT2D eigenvalue weighted by molar-refractivity contribution is 0.0476. The van der Waals surface area contributed by atoms with E-state index in [1.807, 2.05) is 13.8 Å². The van der Waals surface area contributed by atoms with Gasteiger partial charge in [0.05, 0.1) is 22.5 Å². The topological polar surface area (TPSA) is 82.5 Å². The quantitative estimate of drug-likeness (QED) is 0.753. The molecule has 1 fully saturated rings. The number of piperidine rings is 1. The summed E-state index contributed by atoms with van der Waals surface area (Å²) < 4.78 is 0. The third kappa shape index (κ3) is 4.03. The molecule has 0 spiro atoms. The minimum absolute atomic E-state index is 0. The number of aryl methyl sites for hydroxylation is 1. The van der Waals surface area contributed by atoms with E-state index in [0.29, 0.717) is 29.7 Å². The molecule has 0 aliphatic carbocycles. The number of fused-ring (bicyclic) bond motifs is 1. The van der Waals surface area contributed by atoms with Crippen LogP contribution < -0.4 is 5.32 Å². The highest BCUT2D eigenvalue weighted by Crippen LogP contribution is 2.33. The largest absolute Gasteiger partial charge is 0.478 e. The molecule has 3 rings (SSSR count). The first-order valence-electron chi connectivity index (χ1n) is 10.3. The normalized spacial score (nSPS) is 19.9. The van der Waals surface area contributed by atoms with Crippen molar-refractivity contribution in [3.8, 4) is 0 Å². The van der Waals surface area contributed by atoms with E-state index in [4.69, 9.17) is 4.98 Å². The minimum Gasteiger partial charge on any atom is -0.478 e. The lowest BCUT2D eigenvalue weighted by Gasteiger charge is -2.43. The maximum Gasteiger partial charge on any atom is 0.337 e. The molecule has 1 saturated heterocycles. The number of pyridine rings is 1. The molecule has 1 aromatic rings. The maximum absolute atomic E-state index is 13.6. The van der Waals surface area contributed by atoms with Crippen molar-refractivity contribution in [1.29, 1.82) is 0 Å². The summed E-state index contributed by atoms with van der Waals surface area (Å²) in [6, 6.07) is 0.376. The Hall–Kier alpha value is -1.66. The third-order valence-corrected chi connectivity index (χ3v) is 5.95. The van der Waals surface area contributed by atoms with Gasteiger partial charge in [0, 0.05) is 18.5 Å². The molecule has 2 aliphatic heterocycles. The molecule has 2 N–H and O–H groups in total. The first kappa shape index (κ1) is 22.6. The number of hydrogen-bond donors (Lipinski definition) is 2. The Bertz CT molecular complexity index is 732. The predicted molar refractivity (Wildman–Crippen MR) is 112 cm³/mol. The number of rotatable bonds is 6. The van der Waals surface area contributed by atoms with Crippen LogP contribution in [0, 0.1) is 0 Å². The van der Waals surface area contributed by atoms with Gasteiger partial charge in [0.25, 0.3) is 5.91 Å². The molecule has 1 aromatic heterocycles. The van der Waals surface area contributed by atoms with Crippen molar-refractivity contribution in [2.45, 2.75) is 77.8 Å². The summed E-state index contributed by atoms with van der Waals surface area (Å²) in [6.45, 7) is 7.93. The number of hydrogen-bond acceptors (Lipinski definition) is 4. The van der Waals surface area contributed by atoms with Gasteiger partial charge in [-0.05, 0) is 50.8 Å². The molecule has 0 aromatic carbocycles. The summed E-state index contributed by atoms with van der Waals surface area (Å²) in [5, 5.41) is 13.2. The predicted octanol–water partition coefficient (Wildman–Crippen LogP) is 3.25. The lowest BCUT2D eigenvalue weighted by Crippen LogP contribution is -2.54. The maximum atomic E-state index is 13.6. The number of nitrogens with zero attached hydrogens (tertiary/aromatic N) is 2. The van der Waals surface area contributed by atoms with Crippen molar-refractivity contribution in [2.24, 2.45) is 0 Å². The number of amides is 1. The summed E-state index contributed by atoms with van der Waals surface area (Å²) in [5.41, 5.74) is 2.94. The number of carbonyl (C=O) groups is 2. The minimum atomic E-state index is -0.968. The molecule has 1 amide bonds. The van der Waals surface area contributed by atoms with Crippen molar-refractivity contribution in [3.05, 3.63) is 28.1 Å². The highest BCUT2D eigenvalue weighted by atomic mass is 35.5. The van der Waals surface area contributed by atoms with Crippen LogP contribution in [-0.2, 0) is 19.3 Å². The van der Waals surface area contributed by atoms with E-state index in [0.717, 1.165) is 50.9 Å². The van der Waals surface area contributed by atoms with Gasteiger partial charge >= 0.3 is 5.97 Å². The number of carboxylic acid groups (broad SMARTS) is 1. The van der Waals surface area contributed by atoms with E-state index in [2.05, 4.69) is 17.1 Å². The molecule has 6 nitrogen and oxygen atoms in total. The second kappa shape index (κ2) is 9.70. The number of aromatic carboxylic acids is 1. The molecule has 0 radical (unpaired) electrons. The fourth-order valence-corrected chi connectivity index (χ4v) is 4.68. The summed E-state index contributed by atoms with van der Waals surface area (Å²) in [7, 11) is 0. The van der Waals surface area contributed by atoms with Crippen LogP contribution in [0.25, 0.3) is 0 Å². The van der Waals surface area contributed by atoms with Gasteiger partial charge in [-0.3, -0.25) is 9.78 Å². The monoisotopic (exact) mass is 409 g/mol. The van der Waals surface area contributed by atoms with Crippen LogP contribution in [0.5, 0.6) is 0 Å². The Morgan fingerprint density at radius 2 is 1.93 bits per heavy atom. The first-order chi connectivity index (χ1) is 13.0. The van der Waals surface area contributed by atoms with Gasteiger partial charge < -0.3 is 15.3 Å². The van der Waals surface area contributed by atoms with E-state index in [9.17, 15) is 14.7 Å². The zero-order valence-corrected chi connectivity index (χ0v) is 17.9. The fourth-order valence-electron chi connectivity index (χ4n) is 4.68. The van der Waals surface area contributed by atoms with Gasteiger partial charge in [-0.15, -0.1) is 12.4 Å². The molecule has 156 valence electrons. The Kier molecular flexibility index (Phi) is 7.84. The van der Waals surface area contributed by atoms with Gasteiger partial charge in [-0.2, -0.15) is 0 Å². The molecule has 1 unspecified atom stereocenters. The van der Waals surface area contributed by atoms with E-state index in [1.165, 1.54) is 0 Å². The Morgan fingerprint density at radius 3 is 2.46 bits per heavy atom. The van der Waals surface area contributed by atoms with Gasteiger partial charge in [0.1, 0.15) is 0 Å². The van der Waals surface area contributed by atoms with Crippen molar-refractivity contribution < 1.29 is 14.7 Å². The van der Waals surface area contributed by atoms with Crippen LogP contribution in [-0.4, -0.2) is 52.0 Å². The highest BCUT2D eigenvalue weighted by molar-refractivity contribution is 6.02. The van der Waals surface area contributed by atoms with Crippen LogP contribution >= 0.6 is 12.4 Å². The van der Waals surface area contributed by atoms with E-state index < -0.39 is 5.97 Å². The van der Waals surface area contributed by atoms with Crippen LogP contribution in [0.3, 0.4) is 0 Å². The fraction of sp³-hybridized carbons (Fsp3) is 0.667. The zero-order chi connectivity index (χ0) is 19.6. The number of carbonyl (C=O) groups excluding carboxylic acids is 1. The standard InChI is InChI=1S/C21H31N3O3.ClH/c1-4-7-16-19(21(26)27)15(6-3)18-17(23-16)12-13(5-2)24(20(18)25)14-8-10-22-11-9-14;/h13-14,22H,4-12H2,1-3H3,(H,26,27);1H. The molecule has 1 atom stereocenters. The molecule has 7 heteroatoms. The van der Waals surface area contributed by atoms with Gasteiger partial charge in [-0.25, -0.2) is 4.79 Å². The second-order valence-corrected chi connectivity index (χ2v) is 7.60. The summed E-state index contributed by atoms with van der Waals surface area (Å²) >= 11 is 0. The van der Waals surface area contributed by atoms with Gasteiger partial charge in [-0.1, -0.05) is 27.2 Å². The van der Waals surface area contributed by atoms with Crippen LogP contribution in [0.1, 0.15) is 84.1 Å². The molecule has 0 bridgehead atoms. The van der Waals surface area contributed by atoms with Crippen molar-refractivity contribution in [1.82, 2.24) is 15.2 Å². The van der Waals surface area contributed by atoms with Gasteiger partial charge in [0.2, 0.25) is 0 Å². The molecule has 3 heterocycles. The van der Waals surface area contributed by atoms with Gasteiger partial charge in [0.15, 0.2) is 0 Å². The second-order valence-electron chi connectivity index (χ2n) is 7.60. The molecule has 2 aliphatic rings. The van der Waals surface area contributed by atoms with E-state index >= 15 is 0 Å². The lowest BCUT2D eigenvalue weighted by atomic mass is 9.86. The van der Waals surface area contributed by atoms with Crippen molar-refractivity contribution >= 4 is 24.3 Å². The van der Waals surface area contributed by atoms with Crippen LogP contribution in [0.15, 0.2) is 0 Å². The Balaban J connectivity index is 0.00000280. The number of halogens is 1. The highest BCUT2D eigenvalue weighted by Gasteiger charge is 2.40. The molecule has 28 heavy (non-hydrogen) atoms. The summed E-state index contributed by atoms with van der Waals surface area (Å²) in [5.74, 6) is -0.977. The summed E-state index contributed by atoms with van der Waals surface area (Å²) in [4.78, 5) is 32.4. The third-order valence-electron chi connectivity index (χ3n) is 5.95. The summed E-state index contributed by atoms with van der Waals surface area (Å²) in [6.07, 6.45) is 5.52. The number of aromatic nitrogens is 1. The van der Waals surface area contributed by atoms with E-state index in [-0.39, 0.29) is 36.0 Å². The smallest absolute Gasteiger partial charge is 0.337 e. The molecular weight excluding hydrogens is 378 g/mol. The Labute approximate surface area is 173 Å². The SMILES string of the molecule is CCCc1nc2c(c(CC)c1C(=O)O)C(=O)N(C1CCNCC1)C(CC)C2.Cl. The van der Waals surface area contributed by atoms with Crippen LogP contribution in [0.2, 0.25) is 0 Å². The number of carboxylic acids is 1. The number of nitrogens with one attached hydrogen (secondary N) is 1.